The number of phosphoric ester groups is 1. The maximum Gasteiger partial charge on any atom is 0.268 e. The van der Waals surface area contributed by atoms with Gasteiger partial charge >= 0.3 is 0 Å². The second kappa shape index (κ2) is 49.0. The van der Waals surface area contributed by atoms with E-state index in [9.17, 15) is 19.4 Å². The molecule has 0 rings (SSSR count). The number of carbonyl (C=O) groups excluding carboxylic acids is 1. The minimum atomic E-state index is -4.60. The van der Waals surface area contributed by atoms with Gasteiger partial charge in [0.2, 0.25) is 5.91 Å². The molecule has 2 N–H and O–H groups in total. The van der Waals surface area contributed by atoms with E-state index >= 15 is 0 Å². The van der Waals surface area contributed by atoms with E-state index in [0.717, 1.165) is 38.5 Å². The molecule has 392 valence electrons. The van der Waals surface area contributed by atoms with Crippen LogP contribution in [0.5, 0.6) is 0 Å². The number of hydrogen-bond donors (Lipinski definition) is 2. The summed E-state index contributed by atoms with van der Waals surface area (Å²) in [7, 11) is 1.26. The average Bonchev–Trinajstić information content (AvgIpc) is 3.28. The molecule has 0 aromatic carbocycles. The molecule has 0 radical (unpaired) electrons. The van der Waals surface area contributed by atoms with Crippen molar-refractivity contribution in [3.05, 3.63) is 24.3 Å². The third-order valence-electron chi connectivity index (χ3n) is 13.2. The van der Waals surface area contributed by atoms with Crippen LogP contribution in [0.3, 0.4) is 0 Å². The van der Waals surface area contributed by atoms with Gasteiger partial charge in [-0.2, -0.15) is 0 Å². The predicted molar refractivity (Wildman–Crippen MR) is 284 cm³/mol. The first kappa shape index (κ1) is 65.0. The number of carbonyl (C=O) groups is 1. The first-order valence-corrected chi connectivity index (χ1v) is 30.2. The molecule has 0 saturated carbocycles. The van der Waals surface area contributed by atoms with Crippen molar-refractivity contribution in [2.75, 3.05) is 40.9 Å². The van der Waals surface area contributed by atoms with Gasteiger partial charge in [0.15, 0.2) is 0 Å². The van der Waals surface area contributed by atoms with E-state index in [2.05, 4.69) is 31.3 Å². The van der Waals surface area contributed by atoms with E-state index in [-0.39, 0.29) is 19.1 Å². The Kier molecular flexibility index (Phi) is 48.2. The number of aliphatic hydroxyl groups is 1. The van der Waals surface area contributed by atoms with E-state index in [1.807, 2.05) is 27.2 Å². The van der Waals surface area contributed by atoms with Gasteiger partial charge in [-0.05, 0) is 32.1 Å². The lowest BCUT2D eigenvalue weighted by Crippen LogP contribution is -2.45. The minimum Gasteiger partial charge on any atom is -0.756 e. The molecule has 0 aromatic rings. The van der Waals surface area contributed by atoms with Gasteiger partial charge in [-0.1, -0.05) is 269 Å². The smallest absolute Gasteiger partial charge is 0.268 e. The lowest BCUT2D eigenvalue weighted by molar-refractivity contribution is -0.870. The SMILES string of the molecule is CCCCCCCCCCCCCCCCCCC/C=C/CC/C=C/C(O)C(COP(=O)([O-])OCC[N+](C)(C)C)NC(=O)CCCCCCCCCCCCCCCCCCCCCCC. The number of hydrogen-bond acceptors (Lipinski definition) is 6. The van der Waals surface area contributed by atoms with Crippen LogP contribution in [0, 0.1) is 0 Å². The van der Waals surface area contributed by atoms with Crippen molar-refractivity contribution >= 4 is 13.7 Å². The number of nitrogens with one attached hydrogen (secondary N) is 1. The predicted octanol–water partition coefficient (Wildman–Crippen LogP) is 16.6. The Morgan fingerprint density at radius 3 is 1.23 bits per heavy atom. The van der Waals surface area contributed by atoms with Gasteiger partial charge in [-0.25, -0.2) is 0 Å². The number of phosphoric acid groups is 1. The number of amides is 1. The summed E-state index contributed by atoms with van der Waals surface area (Å²) in [5.41, 5.74) is 0. The van der Waals surface area contributed by atoms with Crippen molar-refractivity contribution in [2.24, 2.45) is 0 Å². The number of allylic oxidation sites excluding steroid dienone is 3. The third kappa shape index (κ3) is 50.8. The number of unbranched alkanes of at least 4 members (excludes halogenated alkanes) is 38. The molecular formula is C57H113N2O6P. The quantitative estimate of drug-likeness (QED) is 0.0272. The highest BCUT2D eigenvalue weighted by Gasteiger charge is 2.23. The van der Waals surface area contributed by atoms with Crippen molar-refractivity contribution < 1.29 is 32.9 Å². The summed E-state index contributed by atoms with van der Waals surface area (Å²) >= 11 is 0. The fourth-order valence-corrected chi connectivity index (χ4v) is 9.37. The van der Waals surface area contributed by atoms with Crippen LogP contribution in [0.25, 0.3) is 0 Å². The summed E-state index contributed by atoms with van der Waals surface area (Å²) in [5.74, 6) is -0.201. The van der Waals surface area contributed by atoms with Gasteiger partial charge in [0, 0.05) is 6.42 Å². The van der Waals surface area contributed by atoms with Crippen molar-refractivity contribution in [1.82, 2.24) is 5.32 Å². The third-order valence-corrected chi connectivity index (χ3v) is 14.1. The normalized spacial score (nSPS) is 14.1. The Hall–Kier alpha value is -1.02. The van der Waals surface area contributed by atoms with Crippen molar-refractivity contribution in [3.8, 4) is 0 Å². The number of nitrogens with zero attached hydrogens (tertiary/aromatic N) is 1. The van der Waals surface area contributed by atoms with Gasteiger partial charge in [0.25, 0.3) is 7.82 Å². The van der Waals surface area contributed by atoms with Gasteiger partial charge in [0.05, 0.1) is 39.9 Å². The van der Waals surface area contributed by atoms with Crippen molar-refractivity contribution in [1.29, 1.82) is 0 Å². The summed E-state index contributed by atoms with van der Waals surface area (Å²) in [6.45, 7) is 4.67. The molecular weight excluding hydrogens is 840 g/mol. The molecule has 9 heteroatoms. The average molecular weight is 954 g/mol. The molecule has 0 aliphatic rings. The Bertz CT molecular complexity index is 1130. The van der Waals surface area contributed by atoms with E-state index in [4.69, 9.17) is 9.05 Å². The fourth-order valence-electron chi connectivity index (χ4n) is 8.64. The van der Waals surface area contributed by atoms with Gasteiger partial charge in [-0.15, -0.1) is 0 Å². The van der Waals surface area contributed by atoms with Gasteiger partial charge in [0.1, 0.15) is 13.2 Å². The Morgan fingerprint density at radius 1 is 0.515 bits per heavy atom. The van der Waals surface area contributed by atoms with E-state index in [1.54, 1.807) is 6.08 Å². The van der Waals surface area contributed by atoms with Crippen molar-refractivity contribution in [2.45, 2.75) is 296 Å². The largest absolute Gasteiger partial charge is 0.756 e. The summed E-state index contributed by atoms with van der Waals surface area (Å²) in [4.78, 5) is 25.5. The Balaban J connectivity index is 4.24. The Labute approximate surface area is 411 Å². The molecule has 3 unspecified atom stereocenters. The first-order chi connectivity index (χ1) is 32.0. The monoisotopic (exact) mass is 953 g/mol. The van der Waals surface area contributed by atoms with E-state index in [0.29, 0.717) is 17.4 Å². The molecule has 0 spiro atoms. The summed E-state index contributed by atoms with van der Waals surface area (Å²) in [6.07, 6.45) is 61.1. The fraction of sp³-hybridized carbons (Fsp3) is 0.912. The second-order valence-electron chi connectivity index (χ2n) is 21.0. The zero-order valence-electron chi connectivity index (χ0n) is 44.7. The molecule has 1 amide bonds. The molecule has 66 heavy (non-hydrogen) atoms. The van der Waals surface area contributed by atoms with Crippen LogP contribution in [-0.2, 0) is 18.4 Å². The molecule has 0 fully saturated rings. The van der Waals surface area contributed by atoms with E-state index in [1.165, 1.54) is 225 Å². The second-order valence-corrected chi connectivity index (χ2v) is 22.4. The maximum atomic E-state index is 13.0. The highest BCUT2D eigenvalue weighted by atomic mass is 31.2. The highest BCUT2D eigenvalue weighted by Crippen LogP contribution is 2.38. The Morgan fingerprint density at radius 2 is 0.848 bits per heavy atom. The first-order valence-electron chi connectivity index (χ1n) is 28.7. The number of quaternary nitrogens is 1. The van der Waals surface area contributed by atoms with Crippen LogP contribution >= 0.6 is 7.82 Å². The zero-order chi connectivity index (χ0) is 48.5. The number of likely N-dealkylation sites (N-methyl/N-ethyl adjacent to an activating group) is 1. The van der Waals surface area contributed by atoms with Crippen LogP contribution in [-0.4, -0.2) is 68.5 Å². The molecule has 0 saturated heterocycles. The highest BCUT2D eigenvalue weighted by molar-refractivity contribution is 7.45. The molecule has 0 bridgehead atoms. The summed E-state index contributed by atoms with van der Waals surface area (Å²) in [5, 5.41) is 13.9. The van der Waals surface area contributed by atoms with Crippen LogP contribution in [0.4, 0.5) is 0 Å². The van der Waals surface area contributed by atoms with Crippen LogP contribution in [0.2, 0.25) is 0 Å². The molecule has 0 aromatic heterocycles. The van der Waals surface area contributed by atoms with E-state index < -0.39 is 20.0 Å². The maximum absolute atomic E-state index is 13.0. The zero-order valence-corrected chi connectivity index (χ0v) is 45.6. The minimum absolute atomic E-state index is 0.00371. The van der Waals surface area contributed by atoms with Gasteiger partial charge in [-0.3, -0.25) is 9.36 Å². The molecule has 0 aliphatic carbocycles. The molecule has 0 heterocycles. The lowest BCUT2D eigenvalue weighted by atomic mass is 10.0. The topological polar surface area (TPSA) is 108 Å². The molecule has 3 atom stereocenters. The van der Waals surface area contributed by atoms with Crippen LogP contribution < -0.4 is 10.2 Å². The standard InChI is InChI=1S/C57H113N2O6P/c1-6-8-10-12-14-16-18-20-22-24-26-28-29-31-32-34-36-38-40-42-44-46-48-50-56(60)55(54-65-66(62,63)64-53-52-59(3,4)5)58-57(61)51-49-47-45-43-41-39-37-35-33-30-27-25-23-21-19-17-15-13-11-9-7-2/h40,42,48,50,55-56,60H,6-39,41,43-47,49,51-54H2,1-5H3,(H-,58,61,62,63)/b42-40+,50-48+. The number of rotatable bonds is 53. The molecule has 8 nitrogen and oxygen atoms in total. The van der Waals surface area contributed by atoms with Crippen LogP contribution in [0.1, 0.15) is 284 Å². The molecule has 0 aliphatic heterocycles. The van der Waals surface area contributed by atoms with Crippen LogP contribution in [0.15, 0.2) is 24.3 Å². The van der Waals surface area contributed by atoms with Crippen molar-refractivity contribution in [3.63, 3.8) is 0 Å². The lowest BCUT2D eigenvalue weighted by Gasteiger charge is -2.29. The van der Waals surface area contributed by atoms with Gasteiger partial charge < -0.3 is 28.8 Å². The summed E-state index contributed by atoms with van der Waals surface area (Å²) in [6, 6.07) is -0.900. The summed E-state index contributed by atoms with van der Waals surface area (Å²) < 4.78 is 23.3. The number of aliphatic hydroxyl groups excluding tert-OH is 1.